The number of nitrogens with zero attached hydrogens (tertiary/aromatic N) is 1. The van der Waals surface area contributed by atoms with Gasteiger partial charge in [-0.1, -0.05) is 127 Å². The van der Waals surface area contributed by atoms with Gasteiger partial charge in [-0.25, -0.2) is 12.4 Å². The van der Waals surface area contributed by atoms with Crippen LogP contribution in [0.5, 0.6) is 0 Å². The average Bonchev–Trinajstić information content (AvgIpc) is 3.59. The summed E-state index contributed by atoms with van der Waals surface area (Å²) in [6.45, 7) is 0.667. The number of benzene rings is 5. The zero-order chi connectivity index (χ0) is 36.5. The van der Waals surface area contributed by atoms with Crippen LogP contribution in [0.1, 0.15) is 22.3 Å². The molecule has 1 N–H and O–H groups in total. The van der Waals surface area contributed by atoms with Crippen LogP contribution in [-0.4, -0.2) is 61.4 Å². The van der Waals surface area contributed by atoms with E-state index in [4.69, 9.17) is 23.7 Å². The molecule has 1 aromatic heterocycles. The predicted octanol–water partition coefficient (Wildman–Crippen LogP) is 6.91. The smallest absolute Gasteiger partial charge is 0.268 e. The van der Waals surface area contributed by atoms with Gasteiger partial charge >= 0.3 is 0 Å². The maximum Gasteiger partial charge on any atom is 0.268 e. The molecule has 1 aliphatic heterocycles. The van der Waals surface area contributed by atoms with Crippen molar-refractivity contribution in [3.63, 3.8) is 0 Å². The van der Waals surface area contributed by atoms with E-state index in [0.29, 0.717) is 11.9 Å². The molecule has 9 nitrogen and oxygen atoms in total. The molecule has 5 aromatic carbocycles. The second-order valence-corrected chi connectivity index (χ2v) is 14.7. The predicted molar refractivity (Wildman–Crippen MR) is 201 cm³/mol. The SMILES string of the molecule is O=S(=O)(c1ccccc1)n1cc(CCO[C@H]2O[C@@H](CO)[C@H](OCc3ccccc3)[C@@H](OCc3ccccc3)[C@H]2OCc2ccccc2)c2ccccc21. The number of para-hydroxylation sites is 1. The number of fused-ring (bicyclic) bond motifs is 1. The molecule has 0 unspecified atom stereocenters. The van der Waals surface area contributed by atoms with Crippen LogP contribution >= 0.6 is 0 Å². The van der Waals surface area contributed by atoms with Crippen molar-refractivity contribution in [1.82, 2.24) is 3.97 Å². The van der Waals surface area contributed by atoms with Crippen molar-refractivity contribution in [2.45, 2.75) is 61.8 Å². The third-order valence-electron chi connectivity index (χ3n) is 9.34. The Morgan fingerprint density at radius 2 is 1.08 bits per heavy atom. The van der Waals surface area contributed by atoms with Gasteiger partial charge in [-0.15, -0.1) is 0 Å². The highest BCUT2D eigenvalue weighted by Gasteiger charge is 2.49. The van der Waals surface area contributed by atoms with E-state index in [1.807, 2.05) is 109 Å². The normalized spacial score (nSPS) is 20.4. The maximum absolute atomic E-state index is 13.7. The lowest BCUT2D eigenvalue weighted by Crippen LogP contribution is -2.61. The summed E-state index contributed by atoms with van der Waals surface area (Å²) in [7, 11) is -3.84. The van der Waals surface area contributed by atoms with E-state index in [2.05, 4.69) is 0 Å². The van der Waals surface area contributed by atoms with Gasteiger partial charge in [-0.2, -0.15) is 0 Å². The highest BCUT2D eigenvalue weighted by Crippen LogP contribution is 2.32. The average molecular weight is 734 g/mol. The van der Waals surface area contributed by atoms with Crippen LogP contribution in [0, 0.1) is 0 Å². The van der Waals surface area contributed by atoms with Gasteiger partial charge in [-0.3, -0.25) is 0 Å². The summed E-state index contributed by atoms with van der Waals surface area (Å²) in [4.78, 5) is 0.207. The van der Waals surface area contributed by atoms with Gasteiger partial charge in [-0.05, 0) is 46.9 Å². The van der Waals surface area contributed by atoms with E-state index in [1.54, 1.807) is 42.6 Å². The highest BCUT2D eigenvalue weighted by atomic mass is 32.2. The van der Waals surface area contributed by atoms with Crippen molar-refractivity contribution < 1.29 is 37.2 Å². The standard InChI is InChI=1S/C43H43NO8S/c45-28-39-40(49-29-32-15-5-1-6-16-32)41(50-30-33-17-7-2-8-18-33)42(51-31-34-19-9-3-10-20-34)43(52-39)48-26-25-35-27-44(38-24-14-13-23-37(35)38)53(46,47)36-21-11-4-12-22-36/h1-24,27,39-43,45H,25-26,28-31H2/t39-,40-,41+,42+,43-/m0/s1. The van der Waals surface area contributed by atoms with Crippen molar-refractivity contribution in [3.8, 4) is 0 Å². The summed E-state index contributed by atoms with van der Waals surface area (Å²) in [5, 5.41) is 11.5. The molecule has 53 heavy (non-hydrogen) atoms. The maximum atomic E-state index is 13.7. The number of hydrogen-bond acceptors (Lipinski definition) is 8. The van der Waals surface area contributed by atoms with Gasteiger partial charge in [0, 0.05) is 11.6 Å². The molecular formula is C43H43NO8S. The molecule has 0 aliphatic carbocycles. The Hall–Kier alpha value is -4.65. The largest absolute Gasteiger partial charge is 0.394 e. The van der Waals surface area contributed by atoms with Crippen LogP contribution in [0.4, 0.5) is 0 Å². The third-order valence-corrected chi connectivity index (χ3v) is 11.0. The summed E-state index contributed by atoms with van der Waals surface area (Å²) >= 11 is 0. The Balaban J connectivity index is 1.16. The number of aromatic nitrogens is 1. The zero-order valence-corrected chi connectivity index (χ0v) is 30.0. The number of ether oxygens (including phenoxy) is 5. The molecule has 2 heterocycles. The highest BCUT2D eigenvalue weighted by molar-refractivity contribution is 7.90. The molecule has 6 aromatic rings. The van der Waals surface area contributed by atoms with Crippen LogP contribution in [0.2, 0.25) is 0 Å². The van der Waals surface area contributed by atoms with E-state index in [9.17, 15) is 13.5 Å². The number of rotatable bonds is 16. The first-order valence-corrected chi connectivity index (χ1v) is 19.2. The molecule has 0 radical (unpaired) electrons. The molecule has 0 amide bonds. The lowest BCUT2D eigenvalue weighted by atomic mass is 9.97. The minimum absolute atomic E-state index is 0.175. The van der Waals surface area contributed by atoms with Crippen molar-refractivity contribution >= 4 is 20.9 Å². The van der Waals surface area contributed by atoms with E-state index >= 15 is 0 Å². The second-order valence-electron chi connectivity index (χ2n) is 12.9. The monoisotopic (exact) mass is 733 g/mol. The Bertz CT molecular complexity index is 2130. The summed E-state index contributed by atoms with van der Waals surface area (Å²) in [6.07, 6.45) is -1.79. The Morgan fingerprint density at radius 1 is 0.585 bits per heavy atom. The van der Waals surface area contributed by atoms with Crippen LogP contribution in [0.3, 0.4) is 0 Å². The fraction of sp³-hybridized carbons (Fsp3) is 0.256. The molecule has 0 spiro atoms. The van der Waals surface area contributed by atoms with Gasteiger partial charge < -0.3 is 28.8 Å². The van der Waals surface area contributed by atoms with E-state index in [0.717, 1.165) is 27.6 Å². The van der Waals surface area contributed by atoms with Crippen LogP contribution in [0.25, 0.3) is 10.9 Å². The molecule has 7 rings (SSSR count). The van der Waals surface area contributed by atoms with E-state index in [-0.39, 0.29) is 37.9 Å². The molecule has 1 fully saturated rings. The quantitative estimate of drug-likeness (QED) is 0.115. The number of hydrogen-bond donors (Lipinski definition) is 1. The first kappa shape index (κ1) is 36.7. The number of aliphatic hydroxyl groups is 1. The zero-order valence-electron chi connectivity index (χ0n) is 29.2. The van der Waals surface area contributed by atoms with Gasteiger partial charge in [0.05, 0.1) is 43.4 Å². The van der Waals surface area contributed by atoms with Crippen molar-refractivity contribution in [3.05, 3.63) is 174 Å². The summed E-state index contributed by atoms with van der Waals surface area (Å²) in [5.41, 5.74) is 4.29. The Labute approximate surface area is 310 Å². The van der Waals surface area contributed by atoms with E-state index < -0.39 is 40.7 Å². The fourth-order valence-electron chi connectivity index (χ4n) is 6.63. The van der Waals surface area contributed by atoms with E-state index in [1.165, 1.54) is 3.97 Å². The molecular weight excluding hydrogens is 691 g/mol. The molecule has 0 saturated carbocycles. The fourth-order valence-corrected chi connectivity index (χ4v) is 8.05. The van der Waals surface area contributed by atoms with Gasteiger partial charge in [0.1, 0.15) is 24.4 Å². The van der Waals surface area contributed by atoms with Crippen molar-refractivity contribution in [1.29, 1.82) is 0 Å². The topological polar surface area (TPSA) is 105 Å². The van der Waals surface area contributed by atoms with Crippen molar-refractivity contribution in [2.75, 3.05) is 13.2 Å². The molecule has 10 heteroatoms. The lowest BCUT2D eigenvalue weighted by Gasteiger charge is -2.45. The Kier molecular flexibility index (Phi) is 12.1. The first-order valence-electron chi connectivity index (χ1n) is 17.8. The van der Waals surface area contributed by atoms with Gasteiger partial charge in [0.15, 0.2) is 6.29 Å². The lowest BCUT2D eigenvalue weighted by molar-refractivity contribution is -0.326. The summed E-state index contributed by atoms with van der Waals surface area (Å²) in [5.74, 6) is 0. The minimum atomic E-state index is -3.84. The summed E-state index contributed by atoms with van der Waals surface area (Å²) < 4.78 is 61.4. The number of aliphatic hydroxyl groups excluding tert-OH is 1. The molecule has 5 atom stereocenters. The van der Waals surface area contributed by atoms with Crippen LogP contribution in [-0.2, 0) is 59.9 Å². The molecule has 1 aliphatic rings. The molecule has 1 saturated heterocycles. The minimum Gasteiger partial charge on any atom is -0.394 e. The first-order chi connectivity index (χ1) is 26.0. The second kappa shape index (κ2) is 17.5. The summed E-state index contributed by atoms with van der Waals surface area (Å²) in [6, 6.07) is 45.3. The molecule has 274 valence electrons. The molecule has 0 bridgehead atoms. The van der Waals surface area contributed by atoms with Gasteiger partial charge in [0.25, 0.3) is 10.0 Å². The van der Waals surface area contributed by atoms with Gasteiger partial charge in [0.2, 0.25) is 0 Å². The van der Waals surface area contributed by atoms with Crippen molar-refractivity contribution in [2.24, 2.45) is 0 Å². The Morgan fingerprint density at radius 3 is 1.64 bits per heavy atom. The van der Waals surface area contributed by atoms with Crippen LogP contribution < -0.4 is 0 Å². The third kappa shape index (κ3) is 8.77. The van der Waals surface area contributed by atoms with Crippen LogP contribution in [0.15, 0.2) is 157 Å².